The van der Waals surface area contributed by atoms with E-state index in [2.05, 4.69) is 26.8 Å². The first kappa shape index (κ1) is 8.51. The highest BCUT2D eigenvalue weighted by atomic mass is 16.1. The molecular weight excluding hydrogens is 136 g/mol. The fourth-order valence-corrected chi connectivity index (χ4v) is 1.79. The topological polar surface area (TPSA) is 17.1 Å². The molecule has 0 bridgehead atoms. The third kappa shape index (κ3) is 1.70. The van der Waals surface area contributed by atoms with Crippen molar-refractivity contribution in [3.63, 3.8) is 0 Å². The summed E-state index contributed by atoms with van der Waals surface area (Å²) >= 11 is 0. The van der Waals surface area contributed by atoms with Crippen LogP contribution in [-0.2, 0) is 4.79 Å². The van der Waals surface area contributed by atoms with Gasteiger partial charge in [-0.05, 0) is 25.2 Å². The maximum absolute atomic E-state index is 10.6. The van der Waals surface area contributed by atoms with Crippen molar-refractivity contribution in [3.8, 4) is 0 Å². The van der Waals surface area contributed by atoms with Crippen LogP contribution in [0.5, 0.6) is 0 Å². The van der Waals surface area contributed by atoms with Gasteiger partial charge < -0.3 is 4.79 Å². The Labute approximate surface area is 68.5 Å². The standard InChI is InChI=1S/C10H16O/c1-7-4-8(2)9(3)10(5-7)6-11/h4,6,8-10H,5H2,1-3H3/t8-,9+,10-/m0/s1. The Hall–Kier alpha value is -0.590. The number of carbonyl (C=O) groups excluding carboxylic acids is 1. The fourth-order valence-electron chi connectivity index (χ4n) is 1.79. The van der Waals surface area contributed by atoms with Crippen molar-refractivity contribution in [1.82, 2.24) is 0 Å². The highest BCUT2D eigenvalue weighted by molar-refractivity contribution is 5.55. The largest absolute Gasteiger partial charge is 0.303 e. The zero-order chi connectivity index (χ0) is 8.43. The molecule has 1 rings (SSSR count). The molecule has 0 spiro atoms. The molecule has 62 valence electrons. The third-order valence-corrected chi connectivity index (χ3v) is 2.78. The second kappa shape index (κ2) is 3.21. The van der Waals surface area contributed by atoms with Gasteiger partial charge in [0.2, 0.25) is 0 Å². The van der Waals surface area contributed by atoms with Gasteiger partial charge in [-0.25, -0.2) is 0 Å². The predicted octanol–water partition coefficient (Wildman–Crippen LogP) is 2.42. The Morgan fingerprint density at radius 1 is 1.55 bits per heavy atom. The molecule has 1 aliphatic carbocycles. The van der Waals surface area contributed by atoms with Crippen LogP contribution in [0, 0.1) is 17.8 Å². The minimum Gasteiger partial charge on any atom is -0.303 e. The number of hydrogen-bond acceptors (Lipinski definition) is 1. The number of hydrogen-bond donors (Lipinski definition) is 0. The van der Waals surface area contributed by atoms with Gasteiger partial charge in [-0.3, -0.25) is 0 Å². The smallest absolute Gasteiger partial charge is 0.123 e. The van der Waals surface area contributed by atoms with E-state index in [1.807, 2.05) is 0 Å². The van der Waals surface area contributed by atoms with Crippen LogP contribution in [-0.4, -0.2) is 6.29 Å². The summed E-state index contributed by atoms with van der Waals surface area (Å²) in [4.78, 5) is 10.6. The van der Waals surface area contributed by atoms with Crippen molar-refractivity contribution in [2.24, 2.45) is 17.8 Å². The molecule has 0 aliphatic heterocycles. The molecule has 0 aromatic carbocycles. The summed E-state index contributed by atoms with van der Waals surface area (Å²) in [5, 5.41) is 0. The third-order valence-electron chi connectivity index (χ3n) is 2.78. The summed E-state index contributed by atoms with van der Waals surface area (Å²) in [6, 6.07) is 0. The normalized spacial score (nSPS) is 38.1. The van der Waals surface area contributed by atoms with Gasteiger partial charge in [-0.1, -0.05) is 25.5 Å². The van der Waals surface area contributed by atoms with E-state index in [4.69, 9.17) is 0 Å². The van der Waals surface area contributed by atoms with Crippen LogP contribution in [0.25, 0.3) is 0 Å². The van der Waals surface area contributed by atoms with Crippen LogP contribution in [0.4, 0.5) is 0 Å². The maximum atomic E-state index is 10.6. The summed E-state index contributed by atoms with van der Waals surface area (Å²) < 4.78 is 0. The van der Waals surface area contributed by atoms with Crippen molar-refractivity contribution >= 4 is 6.29 Å². The average Bonchev–Trinajstić information content (AvgIpc) is 1.96. The molecule has 0 saturated carbocycles. The van der Waals surface area contributed by atoms with Crippen LogP contribution in [0.2, 0.25) is 0 Å². The summed E-state index contributed by atoms with van der Waals surface area (Å²) in [5.74, 6) is 1.35. The van der Waals surface area contributed by atoms with E-state index in [1.54, 1.807) is 0 Å². The second-order valence-corrected chi connectivity index (χ2v) is 3.74. The minimum atomic E-state index is 0.259. The lowest BCUT2D eigenvalue weighted by Gasteiger charge is -2.28. The van der Waals surface area contributed by atoms with E-state index in [0.29, 0.717) is 11.8 Å². The Kier molecular flexibility index (Phi) is 2.48. The van der Waals surface area contributed by atoms with Gasteiger partial charge in [0.25, 0.3) is 0 Å². The highest BCUT2D eigenvalue weighted by Gasteiger charge is 2.25. The molecule has 0 heterocycles. The van der Waals surface area contributed by atoms with E-state index in [-0.39, 0.29) is 5.92 Å². The summed E-state index contributed by atoms with van der Waals surface area (Å²) in [5.41, 5.74) is 1.37. The molecule has 1 heteroatoms. The lowest BCUT2D eigenvalue weighted by Crippen LogP contribution is -2.23. The van der Waals surface area contributed by atoms with Crippen molar-refractivity contribution in [2.45, 2.75) is 27.2 Å². The molecule has 0 fully saturated rings. The second-order valence-electron chi connectivity index (χ2n) is 3.74. The van der Waals surface area contributed by atoms with Crippen LogP contribution in [0.1, 0.15) is 27.2 Å². The highest BCUT2D eigenvalue weighted by Crippen LogP contribution is 2.31. The van der Waals surface area contributed by atoms with E-state index in [1.165, 1.54) is 5.57 Å². The molecule has 0 unspecified atom stereocenters. The molecule has 0 amide bonds. The predicted molar refractivity (Wildman–Crippen MR) is 46.3 cm³/mol. The van der Waals surface area contributed by atoms with Gasteiger partial charge in [0.05, 0.1) is 0 Å². The molecular formula is C10H16O. The van der Waals surface area contributed by atoms with Crippen molar-refractivity contribution in [1.29, 1.82) is 0 Å². The number of rotatable bonds is 1. The van der Waals surface area contributed by atoms with Crippen LogP contribution in [0.15, 0.2) is 11.6 Å². The first-order chi connectivity index (χ1) is 5.15. The summed E-state index contributed by atoms with van der Waals surface area (Å²) in [7, 11) is 0. The Morgan fingerprint density at radius 2 is 2.18 bits per heavy atom. The number of carbonyl (C=O) groups is 1. The minimum absolute atomic E-state index is 0.259. The van der Waals surface area contributed by atoms with E-state index in [9.17, 15) is 4.79 Å². The number of allylic oxidation sites excluding steroid dienone is 2. The molecule has 0 N–H and O–H groups in total. The van der Waals surface area contributed by atoms with E-state index >= 15 is 0 Å². The Morgan fingerprint density at radius 3 is 2.73 bits per heavy atom. The van der Waals surface area contributed by atoms with Gasteiger partial charge >= 0.3 is 0 Å². The Bertz CT molecular complexity index is 181. The quantitative estimate of drug-likeness (QED) is 0.416. The van der Waals surface area contributed by atoms with Crippen LogP contribution < -0.4 is 0 Å². The van der Waals surface area contributed by atoms with Crippen molar-refractivity contribution < 1.29 is 4.79 Å². The number of aldehydes is 1. The van der Waals surface area contributed by atoms with Gasteiger partial charge in [-0.15, -0.1) is 0 Å². The first-order valence-electron chi connectivity index (χ1n) is 4.27. The van der Waals surface area contributed by atoms with Gasteiger partial charge in [0.1, 0.15) is 6.29 Å². The monoisotopic (exact) mass is 152 g/mol. The molecule has 11 heavy (non-hydrogen) atoms. The zero-order valence-electron chi connectivity index (χ0n) is 7.50. The molecule has 0 aromatic rings. The first-order valence-corrected chi connectivity index (χ1v) is 4.27. The molecule has 1 aliphatic rings. The molecule has 3 atom stereocenters. The maximum Gasteiger partial charge on any atom is 0.123 e. The SMILES string of the molecule is CC1=C[C@H](C)[C@@H](C)[C@H](C=O)C1. The Balaban J connectivity index is 2.75. The summed E-state index contributed by atoms with van der Waals surface area (Å²) in [6.07, 6.45) is 4.36. The average molecular weight is 152 g/mol. The fraction of sp³-hybridized carbons (Fsp3) is 0.700. The van der Waals surface area contributed by atoms with E-state index in [0.717, 1.165) is 12.7 Å². The molecule has 1 nitrogen and oxygen atoms in total. The molecule has 0 radical (unpaired) electrons. The van der Waals surface area contributed by atoms with Gasteiger partial charge in [-0.2, -0.15) is 0 Å². The molecule has 0 aromatic heterocycles. The van der Waals surface area contributed by atoms with Gasteiger partial charge in [0, 0.05) is 5.92 Å². The van der Waals surface area contributed by atoms with Crippen molar-refractivity contribution in [2.75, 3.05) is 0 Å². The lowest BCUT2D eigenvalue weighted by atomic mass is 9.76. The zero-order valence-corrected chi connectivity index (χ0v) is 7.50. The lowest BCUT2D eigenvalue weighted by molar-refractivity contribution is -0.112. The van der Waals surface area contributed by atoms with Crippen LogP contribution in [0.3, 0.4) is 0 Å². The van der Waals surface area contributed by atoms with Gasteiger partial charge in [0.15, 0.2) is 0 Å². The van der Waals surface area contributed by atoms with E-state index < -0.39 is 0 Å². The van der Waals surface area contributed by atoms with Crippen molar-refractivity contribution in [3.05, 3.63) is 11.6 Å². The molecule has 0 saturated heterocycles. The summed E-state index contributed by atoms with van der Waals surface area (Å²) in [6.45, 7) is 6.45. The van der Waals surface area contributed by atoms with Crippen LogP contribution >= 0.6 is 0 Å².